The van der Waals surface area contributed by atoms with Crippen LogP contribution in [0.15, 0.2) is 30.5 Å². The third-order valence-electron chi connectivity index (χ3n) is 4.66. The summed E-state index contributed by atoms with van der Waals surface area (Å²) >= 11 is 6.09. The molecule has 1 amide bonds. The Morgan fingerprint density at radius 1 is 1.35 bits per heavy atom. The summed E-state index contributed by atoms with van der Waals surface area (Å²) in [6.45, 7) is 8.60. The summed E-state index contributed by atoms with van der Waals surface area (Å²) in [6.07, 6.45) is 3.23. The predicted molar refractivity (Wildman–Crippen MR) is 110 cm³/mol. The van der Waals surface area contributed by atoms with Gasteiger partial charge in [-0.1, -0.05) is 45.4 Å². The molecule has 2 rings (SSSR count). The van der Waals surface area contributed by atoms with Crippen LogP contribution in [0.2, 0.25) is 5.02 Å². The summed E-state index contributed by atoms with van der Waals surface area (Å²) in [5.41, 5.74) is 8.17. The normalized spacial score (nSPS) is 11.3. The highest BCUT2D eigenvalue weighted by atomic mass is 35.5. The van der Waals surface area contributed by atoms with Crippen molar-refractivity contribution in [3.8, 4) is 5.69 Å². The van der Waals surface area contributed by atoms with Crippen molar-refractivity contribution in [3.63, 3.8) is 0 Å². The number of hydrogen-bond acceptors (Lipinski definition) is 3. The van der Waals surface area contributed by atoms with Gasteiger partial charge in [0.2, 0.25) is 0 Å². The van der Waals surface area contributed by atoms with Crippen LogP contribution in [-0.2, 0) is 0 Å². The third-order valence-corrected chi connectivity index (χ3v) is 4.90. The van der Waals surface area contributed by atoms with Gasteiger partial charge < -0.3 is 11.1 Å². The molecule has 26 heavy (non-hydrogen) atoms. The van der Waals surface area contributed by atoms with Gasteiger partial charge in [0.15, 0.2) is 0 Å². The summed E-state index contributed by atoms with van der Waals surface area (Å²) in [4.78, 5) is 12.7. The van der Waals surface area contributed by atoms with E-state index >= 15 is 0 Å². The standard InChI is InChI=1S/C19H27ClN4O.ClH/c1-5-19(21,6-2)12-22-18(25)16-11-23-24(17(16)13(3)4)15-9-7-8-14(20)10-15;/h7-11,13H,5-6,12,21H2,1-4H3,(H,22,25);1H. The summed E-state index contributed by atoms with van der Waals surface area (Å²) in [7, 11) is 0. The van der Waals surface area contributed by atoms with Crippen molar-refractivity contribution in [2.24, 2.45) is 5.73 Å². The first-order valence-electron chi connectivity index (χ1n) is 8.72. The first kappa shape index (κ1) is 22.5. The number of nitrogens with zero attached hydrogens (tertiary/aromatic N) is 2. The highest BCUT2D eigenvalue weighted by Crippen LogP contribution is 2.24. The quantitative estimate of drug-likeness (QED) is 0.728. The van der Waals surface area contributed by atoms with Crippen molar-refractivity contribution in [2.45, 2.75) is 52.0 Å². The maximum absolute atomic E-state index is 12.7. The lowest BCUT2D eigenvalue weighted by atomic mass is 9.94. The van der Waals surface area contributed by atoms with Crippen molar-refractivity contribution in [1.82, 2.24) is 15.1 Å². The van der Waals surface area contributed by atoms with Gasteiger partial charge in [-0.05, 0) is 37.0 Å². The first-order valence-corrected chi connectivity index (χ1v) is 9.10. The molecule has 0 aliphatic carbocycles. The number of rotatable bonds is 7. The Kier molecular flexibility index (Phi) is 8.13. The van der Waals surface area contributed by atoms with Crippen LogP contribution in [0.1, 0.15) is 62.5 Å². The van der Waals surface area contributed by atoms with Gasteiger partial charge in [0, 0.05) is 17.1 Å². The van der Waals surface area contributed by atoms with Crippen LogP contribution in [0.25, 0.3) is 5.69 Å². The molecule has 2 aromatic rings. The van der Waals surface area contributed by atoms with Crippen LogP contribution >= 0.6 is 24.0 Å². The smallest absolute Gasteiger partial charge is 0.254 e. The molecular weight excluding hydrogens is 371 g/mol. The highest BCUT2D eigenvalue weighted by Gasteiger charge is 2.24. The van der Waals surface area contributed by atoms with Gasteiger partial charge in [-0.3, -0.25) is 4.79 Å². The molecule has 3 N–H and O–H groups in total. The molecule has 7 heteroatoms. The molecular formula is C19H28Cl2N4O. The number of halogens is 2. The van der Waals surface area contributed by atoms with Crippen LogP contribution in [0, 0.1) is 0 Å². The monoisotopic (exact) mass is 398 g/mol. The predicted octanol–water partition coefficient (Wildman–Crippen LogP) is 4.32. The van der Waals surface area contributed by atoms with E-state index in [1.54, 1.807) is 10.9 Å². The second-order valence-corrected chi connectivity index (χ2v) is 7.18. The van der Waals surface area contributed by atoms with Gasteiger partial charge in [0.25, 0.3) is 5.91 Å². The number of nitrogens with one attached hydrogen (secondary N) is 1. The van der Waals surface area contributed by atoms with E-state index in [4.69, 9.17) is 17.3 Å². The van der Waals surface area contributed by atoms with Gasteiger partial charge in [0.1, 0.15) is 0 Å². The number of nitrogens with two attached hydrogens (primary N) is 1. The van der Waals surface area contributed by atoms with Gasteiger partial charge in [-0.25, -0.2) is 4.68 Å². The molecule has 0 radical (unpaired) electrons. The van der Waals surface area contributed by atoms with Crippen LogP contribution in [-0.4, -0.2) is 27.8 Å². The molecule has 0 saturated heterocycles. The van der Waals surface area contributed by atoms with Gasteiger partial charge >= 0.3 is 0 Å². The summed E-state index contributed by atoms with van der Waals surface area (Å²) in [5.74, 6) is -0.0177. The maximum atomic E-state index is 12.7. The lowest BCUT2D eigenvalue weighted by Gasteiger charge is -2.26. The molecule has 0 atom stereocenters. The second kappa shape index (κ2) is 9.40. The highest BCUT2D eigenvalue weighted by molar-refractivity contribution is 6.30. The number of carbonyl (C=O) groups is 1. The minimum atomic E-state index is -0.378. The first-order chi connectivity index (χ1) is 11.8. The molecule has 0 aliphatic heterocycles. The number of aromatic nitrogens is 2. The molecule has 1 aromatic heterocycles. The SMILES string of the molecule is CCC(N)(CC)CNC(=O)c1cnn(-c2cccc(Cl)c2)c1C(C)C.Cl. The van der Waals surface area contributed by atoms with Gasteiger partial charge in [0.05, 0.1) is 23.1 Å². The number of benzene rings is 1. The lowest BCUT2D eigenvalue weighted by Crippen LogP contribution is -2.49. The Morgan fingerprint density at radius 3 is 2.54 bits per heavy atom. The van der Waals surface area contributed by atoms with E-state index in [1.807, 2.05) is 52.0 Å². The minimum absolute atomic E-state index is 0. The van der Waals surface area contributed by atoms with Crippen LogP contribution in [0.3, 0.4) is 0 Å². The Labute approximate surface area is 166 Å². The van der Waals surface area contributed by atoms with E-state index < -0.39 is 0 Å². The van der Waals surface area contributed by atoms with E-state index in [9.17, 15) is 4.79 Å². The molecule has 0 spiro atoms. The topological polar surface area (TPSA) is 72.9 Å². The Hall–Kier alpha value is -1.56. The molecule has 0 saturated carbocycles. The van der Waals surface area contributed by atoms with Crippen molar-refractivity contribution in [2.75, 3.05) is 6.54 Å². The zero-order valence-corrected chi connectivity index (χ0v) is 17.3. The van der Waals surface area contributed by atoms with Crippen molar-refractivity contribution in [3.05, 3.63) is 46.7 Å². The number of amides is 1. The largest absolute Gasteiger partial charge is 0.350 e. The molecule has 1 heterocycles. The van der Waals surface area contributed by atoms with Crippen molar-refractivity contribution >= 4 is 29.9 Å². The molecule has 144 valence electrons. The fourth-order valence-corrected chi connectivity index (χ4v) is 2.94. The molecule has 5 nitrogen and oxygen atoms in total. The molecule has 0 bridgehead atoms. The van der Waals surface area contributed by atoms with E-state index in [0.717, 1.165) is 24.2 Å². The molecule has 1 aromatic carbocycles. The van der Waals surface area contributed by atoms with Crippen LogP contribution in [0.5, 0.6) is 0 Å². The zero-order valence-electron chi connectivity index (χ0n) is 15.8. The van der Waals surface area contributed by atoms with E-state index in [-0.39, 0.29) is 29.8 Å². The Morgan fingerprint density at radius 2 is 2.00 bits per heavy atom. The zero-order chi connectivity index (χ0) is 18.6. The van der Waals surface area contributed by atoms with Crippen molar-refractivity contribution in [1.29, 1.82) is 0 Å². The second-order valence-electron chi connectivity index (χ2n) is 6.74. The molecule has 0 aliphatic rings. The van der Waals surface area contributed by atoms with E-state index in [2.05, 4.69) is 10.4 Å². The van der Waals surface area contributed by atoms with Crippen LogP contribution in [0.4, 0.5) is 0 Å². The van der Waals surface area contributed by atoms with Crippen LogP contribution < -0.4 is 11.1 Å². The summed E-state index contributed by atoms with van der Waals surface area (Å²) in [6, 6.07) is 7.44. The van der Waals surface area contributed by atoms with E-state index in [1.165, 1.54) is 0 Å². The average molecular weight is 399 g/mol. The van der Waals surface area contributed by atoms with Crippen molar-refractivity contribution < 1.29 is 4.79 Å². The molecule has 0 unspecified atom stereocenters. The Balaban J connectivity index is 0.00000338. The number of carbonyl (C=O) groups excluding carboxylic acids is 1. The summed E-state index contributed by atoms with van der Waals surface area (Å²) in [5, 5.41) is 8.02. The summed E-state index contributed by atoms with van der Waals surface area (Å²) < 4.78 is 1.78. The van der Waals surface area contributed by atoms with E-state index in [0.29, 0.717) is 17.1 Å². The average Bonchev–Trinajstić information content (AvgIpc) is 3.05. The third kappa shape index (κ3) is 5.00. The number of hydrogen-bond donors (Lipinski definition) is 2. The molecule has 0 fully saturated rings. The van der Waals surface area contributed by atoms with Gasteiger partial charge in [-0.15, -0.1) is 12.4 Å². The lowest BCUT2D eigenvalue weighted by molar-refractivity contribution is 0.0941. The van der Waals surface area contributed by atoms with Gasteiger partial charge in [-0.2, -0.15) is 5.10 Å². The maximum Gasteiger partial charge on any atom is 0.254 e. The fraction of sp³-hybridized carbons (Fsp3) is 0.474. The minimum Gasteiger partial charge on any atom is -0.350 e. The fourth-order valence-electron chi connectivity index (χ4n) is 2.75. The Bertz CT molecular complexity index is 739.